The van der Waals surface area contributed by atoms with Crippen LogP contribution in [-0.4, -0.2) is 51.4 Å². The normalized spacial score (nSPS) is 14.2. The van der Waals surface area contributed by atoms with Crippen LogP contribution in [0.4, 0.5) is 17.2 Å². The standard InChI is InChI=1S/C19H19N7O2/c1-24-12-15(11-20-24)26-10-9-25(13-18(26)27)17-8-7-16(22-23-17)19(28)21-14-5-3-2-4-6-14/h2-8,11-12H,9-10,13H2,1H3,(H,21,28). The average molecular weight is 377 g/mol. The Hall–Kier alpha value is -3.75. The van der Waals surface area contributed by atoms with Crippen LogP contribution in [0.1, 0.15) is 10.5 Å². The van der Waals surface area contributed by atoms with E-state index in [1.807, 2.05) is 36.3 Å². The summed E-state index contributed by atoms with van der Waals surface area (Å²) in [6.07, 6.45) is 3.49. The molecule has 2 amide bonds. The highest BCUT2D eigenvalue weighted by Crippen LogP contribution is 2.19. The van der Waals surface area contributed by atoms with Gasteiger partial charge in [0.1, 0.15) is 0 Å². The summed E-state index contributed by atoms with van der Waals surface area (Å²) in [6, 6.07) is 12.5. The summed E-state index contributed by atoms with van der Waals surface area (Å²) in [4.78, 5) is 28.3. The van der Waals surface area contributed by atoms with Gasteiger partial charge in [-0.05, 0) is 24.3 Å². The number of hydrogen-bond donors (Lipinski definition) is 1. The minimum absolute atomic E-state index is 0.0352. The molecule has 9 heteroatoms. The minimum Gasteiger partial charge on any atom is -0.344 e. The summed E-state index contributed by atoms with van der Waals surface area (Å²) >= 11 is 0. The first kappa shape index (κ1) is 17.7. The maximum atomic E-state index is 12.5. The number of carbonyl (C=O) groups excluding carboxylic acids is 2. The van der Waals surface area contributed by atoms with Gasteiger partial charge in [-0.15, -0.1) is 10.2 Å². The lowest BCUT2D eigenvalue weighted by Gasteiger charge is -2.33. The molecular weight excluding hydrogens is 358 g/mol. The fraction of sp³-hybridized carbons (Fsp3) is 0.211. The van der Waals surface area contributed by atoms with E-state index in [2.05, 4.69) is 20.6 Å². The number of rotatable bonds is 4. The molecule has 1 fully saturated rings. The Kier molecular flexibility index (Phi) is 4.71. The molecule has 0 radical (unpaired) electrons. The molecule has 2 aromatic heterocycles. The first-order valence-electron chi connectivity index (χ1n) is 8.84. The molecule has 0 bridgehead atoms. The van der Waals surface area contributed by atoms with Crippen molar-refractivity contribution >= 4 is 29.0 Å². The van der Waals surface area contributed by atoms with Gasteiger partial charge in [0, 0.05) is 32.0 Å². The van der Waals surface area contributed by atoms with Gasteiger partial charge in [0.05, 0.1) is 18.4 Å². The molecule has 0 spiro atoms. The zero-order valence-electron chi connectivity index (χ0n) is 15.3. The van der Waals surface area contributed by atoms with Crippen molar-refractivity contribution in [2.75, 3.05) is 34.8 Å². The largest absolute Gasteiger partial charge is 0.344 e. The van der Waals surface area contributed by atoms with Crippen molar-refractivity contribution < 1.29 is 9.59 Å². The predicted molar refractivity (Wildman–Crippen MR) is 104 cm³/mol. The van der Waals surface area contributed by atoms with Crippen molar-refractivity contribution in [3.63, 3.8) is 0 Å². The third-order valence-corrected chi connectivity index (χ3v) is 4.46. The summed E-state index contributed by atoms with van der Waals surface area (Å²) in [7, 11) is 1.81. The van der Waals surface area contributed by atoms with Gasteiger partial charge in [-0.25, -0.2) is 0 Å². The monoisotopic (exact) mass is 377 g/mol. The molecule has 3 aromatic rings. The number of aromatic nitrogens is 4. The van der Waals surface area contributed by atoms with Gasteiger partial charge in [-0.3, -0.25) is 14.3 Å². The summed E-state index contributed by atoms with van der Waals surface area (Å²) in [5.74, 6) is 0.199. The van der Waals surface area contributed by atoms with Crippen LogP contribution in [0.5, 0.6) is 0 Å². The summed E-state index contributed by atoms with van der Waals surface area (Å²) in [5.41, 5.74) is 1.69. The van der Waals surface area contributed by atoms with Gasteiger partial charge in [-0.2, -0.15) is 5.10 Å². The van der Waals surface area contributed by atoms with Crippen molar-refractivity contribution in [2.45, 2.75) is 0 Å². The number of nitrogens with zero attached hydrogens (tertiary/aromatic N) is 6. The minimum atomic E-state index is -0.331. The number of carbonyl (C=O) groups is 2. The van der Waals surface area contributed by atoms with Crippen LogP contribution in [0.25, 0.3) is 0 Å². The van der Waals surface area contributed by atoms with Crippen molar-refractivity contribution in [3.05, 3.63) is 60.6 Å². The van der Waals surface area contributed by atoms with E-state index in [0.717, 1.165) is 5.69 Å². The van der Waals surface area contributed by atoms with E-state index in [9.17, 15) is 9.59 Å². The molecule has 0 aliphatic carbocycles. The molecule has 1 aromatic carbocycles. The van der Waals surface area contributed by atoms with E-state index in [0.29, 0.717) is 24.6 Å². The summed E-state index contributed by atoms with van der Waals surface area (Å²) in [6.45, 7) is 1.34. The Morgan fingerprint density at radius 1 is 1.07 bits per heavy atom. The number of hydrogen-bond acceptors (Lipinski definition) is 6. The first-order chi connectivity index (χ1) is 13.6. The maximum absolute atomic E-state index is 12.5. The Labute approximate surface area is 161 Å². The van der Waals surface area contributed by atoms with Crippen molar-refractivity contribution in [3.8, 4) is 0 Å². The van der Waals surface area contributed by atoms with Gasteiger partial charge in [0.25, 0.3) is 5.91 Å². The van der Waals surface area contributed by atoms with E-state index in [-0.39, 0.29) is 24.1 Å². The van der Waals surface area contributed by atoms with Gasteiger partial charge in [-0.1, -0.05) is 18.2 Å². The molecule has 0 saturated carbocycles. The van der Waals surface area contributed by atoms with Crippen LogP contribution >= 0.6 is 0 Å². The van der Waals surface area contributed by atoms with Crippen molar-refractivity contribution in [2.24, 2.45) is 7.05 Å². The molecule has 9 nitrogen and oxygen atoms in total. The second-order valence-electron chi connectivity index (χ2n) is 6.44. The molecule has 0 atom stereocenters. The van der Waals surface area contributed by atoms with Gasteiger partial charge in [0.15, 0.2) is 11.5 Å². The Morgan fingerprint density at radius 3 is 2.54 bits per heavy atom. The zero-order chi connectivity index (χ0) is 19.5. The first-order valence-corrected chi connectivity index (χ1v) is 8.84. The quantitative estimate of drug-likeness (QED) is 0.737. The molecule has 3 heterocycles. The van der Waals surface area contributed by atoms with E-state index in [1.165, 1.54) is 0 Å². The SMILES string of the molecule is Cn1cc(N2CCN(c3ccc(C(=O)Nc4ccccc4)nn3)CC2=O)cn1. The van der Waals surface area contributed by atoms with Crippen LogP contribution < -0.4 is 15.1 Å². The second-order valence-corrected chi connectivity index (χ2v) is 6.44. The molecule has 0 unspecified atom stereocenters. The van der Waals surface area contributed by atoms with Crippen molar-refractivity contribution in [1.29, 1.82) is 0 Å². The number of amides is 2. The van der Waals surface area contributed by atoms with E-state index in [4.69, 9.17) is 0 Å². The van der Waals surface area contributed by atoms with E-state index in [1.54, 1.807) is 40.0 Å². The van der Waals surface area contributed by atoms with Crippen LogP contribution in [0.2, 0.25) is 0 Å². The Balaban J connectivity index is 1.40. The summed E-state index contributed by atoms with van der Waals surface area (Å²) < 4.78 is 1.67. The van der Waals surface area contributed by atoms with Crippen LogP contribution in [0.3, 0.4) is 0 Å². The number of para-hydroxylation sites is 1. The number of nitrogens with one attached hydrogen (secondary N) is 1. The number of anilines is 3. The smallest absolute Gasteiger partial charge is 0.276 e. The molecular formula is C19H19N7O2. The molecule has 142 valence electrons. The van der Waals surface area contributed by atoms with Crippen LogP contribution in [0, 0.1) is 0 Å². The number of benzene rings is 1. The van der Waals surface area contributed by atoms with Gasteiger partial charge >= 0.3 is 0 Å². The highest BCUT2D eigenvalue weighted by Gasteiger charge is 2.27. The topological polar surface area (TPSA) is 96.2 Å². The Morgan fingerprint density at radius 2 is 1.89 bits per heavy atom. The summed E-state index contributed by atoms with van der Waals surface area (Å²) in [5, 5.41) is 15.0. The maximum Gasteiger partial charge on any atom is 0.276 e. The lowest BCUT2D eigenvalue weighted by Crippen LogP contribution is -2.50. The highest BCUT2D eigenvalue weighted by molar-refractivity contribution is 6.02. The van der Waals surface area contributed by atoms with E-state index >= 15 is 0 Å². The molecule has 1 N–H and O–H groups in total. The predicted octanol–water partition coefficient (Wildman–Crippen LogP) is 1.32. The fourth-order valence-corrected chi connectivity index (χ4v) is 3.02. The molecule has 1 saturated heterocycles. The van der Waals surface area contributed by atoms with Crippen molar-refractivity contribution in [1.82, 2.24) is 20.0 Å². The molecule has 4 rings (SSSR count). The highest BCUT2D eigenvalue weighted by atomic mass is 16.2. The lowest BCUT2D eigenvalue weighted by atomic mass is 10.2. The van der Waals surface area contributed by atoms with Gasteiger partial charge in [0.2, 0.25) is 5.91 Å². The van der Waals surface area contributed by atoms with Crippen LogP contribution in [0.15, 0.2) is 54.9 Å². The third-order valence-electron chi connectivity index (χ3n) is 4.46. The van der Waals surface area contributed by atoms with Crippen LogP contribution in [-0.2, 0) is 11.8 Å². The number of aryl methyl sites for hydroxylation is 1. The fourth-order valence-electron chi connectivity index (χ4n) is 3.02. The average Bonchev–Trinajstić information content (AvgIpc) is 3.15. The number of piperazine rings is 1. The van der Waals surface area contributed by atoms with E-state index < -0.39 is 0 Å². The lowest BCUT2D eigenvalue weighted by molar-refractivity contribution is -0.117. The molecule has 28 heavy (non-hydrogen) atoms. The second kappa shape index (κ2) is 7.47. The third kappa shape index (κ3) is 3.68. The Bertz CT molecular complexity index is 985. The molecule has 1 aliphatic rings. The molecule has 1 aliphatic heterocycles. The van der Waals surface area contributed by atoms with Gasteiger partial charge < -0.3 is 15.1 Å². The zero-order valence-corrected chi connectivity index (χ0v) is 15.3.